The van der Waals surface area contributed by atoms with Gasteiger partial charge in [-0.1, -0.05) is 24.3 Å². The molecule has 0 aliphatic carbocycles. The van der Waals surface area contributed by atoms with Gasteiger partial charge < -0.3 is 15.0 Å². The molecule has 0 radical (unpaired) electrons. The van der Waals surface area contributed by atoms with Gasteiger partial charge in [0.2, 0.25) is 0 Å². The minimum Gasteiger partial charge on any atom is -0.491 e. The number of rotatable bonds is 3. The molecule has 0 fully saturated rings. The maximum Gasteiger partial charge on any atom is 0.322 e. The fraction of sp³-hybridized carbons (Fsp3) is 0.316. The van der Waals surface area contributed by atoms with E-state index in [2.05, 4.69) is 11.4 Å². The van der Waals surface area contributed by atoms with Crippen LogP contribution in [0.1, 0.15) is 25.0 Å². The summed E-state index contributed by atoms with van der Waals surface area (Å²) >= 11 is 0. The summed E-state index contributed by atoms with van der Waals surface area (Å²) < 4.78 is 19.6. The van der Waals surface area contributed by atoms with E-state index in [1.54, 1.807) is 11.0 Å². The first-order valence-corrected chi connectivity index (χ1v) is 8.12. The van der Waals surface area contributed by atoms with E-state index in [0.717, 1.165) is 12.0 Å². The van der Waals surface area contributed by atoms with Gasteiger partial charge in [-0.15, -0.1) is 0 Å². The van der Waals surface area contributed by atoms with Gasteiger partial charge in [0.25, 0.3) is 0 Å². The normalized spacial score (nSPS) is 13.6. The van der Waals surface area contributed by atoms with Crippen molar-refractivity contribution in [2.75, 3.05) is 11.9 Å². The number of carbonyl (C=O) groups is 1. The molecule has 24 heavy (non-hydrogen) atoms. The molecule has 4 nitrogen and oxygen atoms in total. The number of nitrogens with zero attached hydrogens (tertiary/aromatic N) is 1. The number of hydrogen-bond acceptors (Lipinski definition) is 2. The maximum atomic E-state index is 14.2. The Morgan fingerprint density at radius 2 is 1.96 bits per heavy atom. The van der Waals surface area contributed by atoms with E-state index >= 15 is 0 Å². The van der Waals surface area contributed by atoms with Crippen molar-refractivity contribution < 1.29 is 13.9 Å². The van der Waals surface area contributed by atoms with Gasteiger partial charge in [-0.25, -0.2) is 9.18 Å². The van der Waals surface area contributed by atoms with E-state index in [4.69, 9.17) is 4.74 Å². The monoisotopic (exact) mass is 328 g/mol. The van der Waals surface area contributed by atoms with Gasteiger partial charge in [-0.05, 0) is 43.5 Å². The van der Waals surface area contributed by atoms with Crippen molar-refractivity contribution in [3.8, 4) is 5.75 Å². The van der Waals surface area contributed by atoms with E-state index < -0.39 is 5.82 Å². The molecule has 1 aliphatic heterocycles. The van der Waals surface area contributed by atoms with Crippen LogP contribution in [0.4, 0.5) is 14.9 Å². The molecule has 0 atom stereocenters. The summed E-state index contributed by atoms with van der Waals surface area (Å²) in [6.07, 6.45) is 0.783. The van der Waals surface area contributed by atoms with E-state index in [1.807, 2.05) is 32.0 Å². The molecular weight excluding hydrogens is 307 g/mol. The highest BCUT2D eigenvalue weighted by Crippen LogP contribution is 2.23. The molecule has 0 spiro atoms. The van der Waals surface area contributed by atoms with Crippen molar-refractivity contribution in [1.82, 2.24) is 4.90 Å². The van der Waals surface area contributed by atoms with Crippen LogP contribution in [0.5, 0.6) is 5.75 Å². The summed E-state index contributed by atoms with van der Waals surface area (Å²) in [5, 5.41) is 2.65. The predicted molar refractivity (Wildman–Crippen MR) is 91.7 cm³/mol. The molecule has 0 unspecified atom stereocenters. The fourth-order valence-electron chi connectivity index (χ4n) is 2.81. The SMILES string of the molecule is CC(C)Oc1ccc(NC(=O)N2CCc3ccccc3C2)c(F)c1. The Hall–Kier alpha value is -2.56. The lowest BCUT2D eigenvalue weighted by Gasteiger charge is -2.29. The zero-order chi connectivity index (χ0) is 17.1. The van der Waals surface area contributed by atoms with Crippen molar-refractivity contribution >= 4 is 11.7 Å². The number of ether oxygens (including phenoxy) is 1. The zero-order valence-electron chi connectivity index (χ0n) is 13.9. The van der Waals surface area contributed by atoms with Crippen LogP contribution in [0.3, 0.4) is 0 Å². The maximum absolute atomic E-state index is 14.2. The lowest BCUT2D eigenvalue weighted by Crippen LogP contribution is -2.39. The Morgan fingerprint density at radius 1 is 1.21 bits per heavy atom. The number of amides is 2. The highest BCUT2D eigenvalue weighted by Gasteiger charge is 2.21. The Bertz CT molecular complexity index is 746. The predicted octanol–water partition coefficient (Wildman–Crippen LogP) is 4.20. The smallest absolute Gasteiger partial charge is 0.322 e. The molecule has 1 heterocycles. The van der Waals surface area contributed by atoms with Crippen molar-refractivity contribution in [3.05, 3.63) is 59.4 Å². The van der Waals surface area contributed by atoms with Gasteiger partial charge in [0.05, 0.1) is 11.8 Å². The Labute approximate surface area is 141 Å². The molecule has 1 N–H and O–H groups in total. The van der Waals surface area contributed by atoms with E-state index in [1.165, 1.54) is 17.7 Å². The molecule has 126 valence electrons. The van der Waals surface area contributed by atoms with Gasteiger partial charge >= 0.3 is 6.03 Å². The van der Waals surface area contributed by atoms with Crippen molar-refractivity contribution in [2.24, 2.45) is 0 Å². The second kappa shape index (κ2) is 6.91. The Balaban J connectivity index is 1.67. The van der Waals surface area contributed by atoms with Crippen LogP contribution < -0.4 is 10.1 Å². The van der Waals surface area contributed by atoms with Crippen LogP contribution in [-0.2, 0) is 13.0 Å². The van der Waals surface area contributed by atoms with Crippen molar-refractivity contribution in [3.63, 3.8) is 0 Å². The molecule has 2 aromatic carbocycles. The summed E-state index contributed by atoms with van der Waals surface area (Å²) in [6, 6.07) is 12.3. The number of hydrogen-bond donors (Lipinski definition) is 1. The van der Waals surface area contributed by atoms with E-state index in [-0.39, 0.29) is 17.8 Å². The summed E-state index contributed by atoms with van der Waals surface area (Å²) in [4.78, 5) is 14.1. The molecule has 2 amide bonds. The quantitative estimate of drug-likeness (QED) is 0.917. The number of fused-ring (bicyclic) bond motifs is 1. The largest absolute Gasteiger partial charge is 0.491 e. The Kier molecular flexibility index (Phi) is 4.69. The van der Waals surface area contributed by atoms with Crippen LogP contribution in [-0.4, -0.2) is 23.6 Å². The summed E-state index contributed by atoms with van der Waals surface area (Å²) in [6.45, 7) is 4.92. The molecule has 2 aromatic rings. The molecule has 0 saturated heterocycles. The third-order valence-corrected chi connectivity index (χ3v) is 3.97. The van der Waals surface area contributed by atoms with Crippen LogP contribution in [0.15, 0.2) is 42.5 Å². The first-order valence-electron chi connectivity index (χ1n) is 8.12. The molecule has 0 saturated carbocycles. The molecule has 3 rings (SSSR count). The van der Waals surface area contributed by atoms with E-state index in [0.29, 0.717) is 18.8 Å². The third-order valence-electron chi connectivity index (χ3n) is 3.97. The number of nitrogens with one attached hydrogen (secondary N) is 1. The lowest BCUT2D eigenvalue weighted by molar-refractivity contribution is 0.206. The van der Waals surface area contributed by atoms with Gasteiger partial charge in [0.15, 0.2) is 0 Å². The molecule has 0 bridgehead atoms. The third kappa shape index (κ3) is 3.67. The van der Waals surface area contributed by atoms with Crippen LogP contribution >= 0.6 is 0 Å². The second-order valence-electron chi connectivity index (χ2n) is 6.18. The zero-order valence-corrected chi connectivity index (χ0v) is 13.9. The second-order valence-corrected chi connectivity index (χ2v) is 6.18. The minimum absolute atomic E-state index is 0.0294. The molecule has 0 aromatic heterocycles. The van der Waals surface area contributed by atoms with Crippen molar-refractivity contribution in [1.29, 1.82) is 0 Å². The Morgan fingerprint density at radius 3 is 2.67 bits per heavy atom. The van der Waals surface area contributed by atoms with Crippen molar-refractivity contribution in [2.45, 2.75) is 32.9 Å². The number of urea groups is 1. The van der Waals surface area contributed by atoms with Crippen LogP contribution in [0, 0.1) is 5.82 Å². The first kappa shape index (κ1) is 16.3. The number of anilines is 1. The molecular formula is C19H21FN2O2. The van der Waals surface area contributed by atoms with Gasteiger partial charge in [0.1, 0.15) is 11.6 Å². The van der Waals surface area contributed by atoms with Gasteiger partial charge in [-0.3, -0.25) is 0 Å². The summed E-state index contributed by atoms with van der Waals surface area (Å²) in [7, 11) is 0. The number of benzene rings is 2. The average molecular weight is 328 g/mol. The lowest BCUT2D eigenvalue weighted by atomic mass is 10.0. The minimum atomic E-state index is -0.501. The topological polar surface area (TPSA) is 41.6 Å². The standard InChI is InChI=1S/C19H21FN2O2/c1-13(2)24-16-7-8-18(17(20)11-16)21-19(23)22-10-9-14-5-3-4-6-15(14)12-22/h3-8,11,13H,9-10,12H2,1-2H3,(H,21,23). The van der Waals surface area contributed by atoms with Crippen LogP contribution in [0.2, 0.25) is 0 Å². The average Bonchev–Trinajstić information content (AvgIpc) is 2.56. The van der Waals surface area contributed by atoms with Crippen LogP contribution in [0.25, 0.3) is 0 Å². The fourth-order valence-corrected chi connectivity index (χ4v) is 2.81. The highest BCUT2D eigenvalue weighted by atomic mass is 19.1. The summed E-state index contributed by atoms with van der Waals surface area (Å²) in [5.41, 5.74) is 2.57. The molecule has 1 aliphatic rings. The van der Waals surface area contributed by atoms with Gasteiger partial charge in [-0.2, -0.15) is 0 Å². The summed E-state index contributed by atoms with van der Waals surface area (Å²) in [5.74, 6) is -0.0497. The highest BCUT2D eigenvalue weighted by molar-refractivity contribution is 5.89. The van der Waals surface area contributed by atoms with Gasteiger partial charge in [0, 0.05) is 19.2 Å². The number of carbonyl (C=O) groups excluding carboxylic acids is 1. The first-order chi connectivity index (χ1) is 11.5. The molecule has 5 heteroatoms. The van der Waals surface area contributed by atoms with E-state index in [9.17, 15) is 9.18 Å². The number of halogens is 1.